The molecular weight excluding hydrogens is 487 g/mol. The van der Waals surface area contributed by atoms with Gasteiger partial charge in [-0.1, -0.05) is 74.5 Å². The third-order valence-electron chi connectivity index (χ3n) is 7.26. The van der Waals surface area contributed by atoms with E-state index in [9.17, 15) is 13.2 Å². The van der Waals surface area contributed by atoms with Crippen LogP contribution in [0.3, 0.4) is 0 Å². The number of rotatable bonds is 5. The van der Waals surface area contributed by atoms with Gasteiger partial charge < -0.3 is 0 Å². The van der Waals surface area contributed by atoms with E-state index in [0.29, 0.717) is 6.42 Å². The topological polar surface area (TPSA) is 60.4 Å². The summed E-state index contributed by atoms with van der Waals surface area (Å²) >= 11 is 1.40. The predicted molar refractivity (Wildman–Crippen MR) is 117 cm³/mol. The highest BCUT2D eigenvalue weighted by Crippen LogP contribution is 2.72. The van der Waals surface area contributed by atoms with E-state index in [4.69, 9.17) is 2.51 Å². The molecule has 2 unspecified atom stereocenters. The quantitative estimate of drug-likeness (QED) is 0.549. The number of halogens is 1. The smallest absolute Gasteiger partial charge is 0.277 e. The average molecular weight is 510 g/mol. The number of Topliss-reactive ketones (excluding diaryl/α,β-unsaturated/α-hetero) is 1. The zero-order chi connectivity index (χ0) is 20.2. The van der Waals surface area contributed by atoms with Crippen LogP contribution in [0.2, 0.25) is 0 Å². The molecule has 28 heavy (non-hydrogen) atoms. The number of carbonyl (C=O) groups is 1. The van der Waals surface area contributed by atoms with Crippen molar-refractivity contribution in [2.24, 2.45) is 16.7 Å². The van der Waals surface area contributed by atoms with Crippen molar-refractivity contribution in [2.75, 3.05) is 5.75 Å². The summed E-state index contributed by atoms with van der Waals surface area (Å²) in [5.74, 6) is -0.246. The van der Waals surface area contributed by atoms with E-state index in [0.717, 1.165) is 17.5 Å². The summed E-state index contributed by atoms with van der Waals surface area (Å²) in [6.45, 7) is 4.11. The molecule has 0 aliphatic heterocycles. The molecule has 4 nitrogen and oxygen atoms in total. The van der Waals surface area contributed by atoms with E-state index in [1.807, 2.05) is 60.7 Å². The lowest BCUT2D eigenvalue weighted by Gasteiger charge is -2.39. The van der Waals surface area contributed by atoms with Gasteiger partial charge in [0.15, 0.2) is 5.78 Å². The van der Waals surface area contributed by atoms with E-state index in [2.05, 4.69) is 13.8 Å². The van der Waals surface area contributed by atoms with Crippen LogP contribution in [0.5, 0.6) is 0 Å². The Morgan fingerprint density at radius 1 is 1.00 bits per heavy atom. The van der Waals surface area contributed by atoms with Crippen LogP contribution in [0.1, 0.15) is 37.8 Å². The van der Waals surface area contributed by atoms with Crippen molar-refractivity contribution in [1.29, 1.82) is 0 Å². The highest BCUT2D eigenvalue weighted by molar-refractivity contribution is 14.1. The molecule has 2 aliphatic carbocycles. The normalized spacial score (nSPS) is 27.8. The van der Waals surface area contributed by atoms with Gasteiger partial charge in [-0.05, 0) is 35.3 Å². The molecule has 0 aromatic heterocycles. The largest absolute Gasteiger partial charge is 0.298 e. The molecular formula is C22H23IO4S. The van der Waals surface area contributed by atoms with Crippen LogP contribution in [-0.2, 0) is 22.8 Å². The molecule has 2 atom stereocenters. The van der Waals surface area contributed by atoms with E-state index < -0.39 is 26.4 Å². The van der Waals surface area contributed by atoms with Gasteiger partial charge in [0.25, 0.3) is 10.1 Å². The molecule has 6 heteroatoms. The molecule has 148 valence electrons. The molecule has 2 fully saturated rings. The van der Waals surface area contributed by atoms with E-state index >= 15 is 0 Å². The standard InChI is InChI=1S/C22H23IO4S/c1-20(2)18-13-14-21(20,15-28(25,26)27-23)19(24)22(18,16-9-5-3-6-10-16)17-11-7-4-8-12-17/h3-12,18H,13-15H2,1-2H3. The molecule has 2 aromatic rings. The number of benzene rings is 2. The van der Waals surface area contributed by atoms with Crippen molar-refractivity contribution < 1.29 is 15.7 Å². The van der Waals surface area contributed by atoms with Crippen LogP contribution in [0, 0.1) is 16.7 Å². The molecule has 2 bridgehead atoms. The van der Waals surface area contributed by atoms with Gasteiger partial charge in [-0.25, -0.2) is 0 Å². The fraction of sp³-hybridized carbons (Fsp3) is 0.409. The molecule has 0 N–H and O–H groups in total. The van der Waals surface area contributed by atoms with E-state index in [1.54, 1.807) is 0 Å². The first kappa shape index (κ1) is 20.0. The molecule has 0 heterocycles. The number of carbonyl (C=O) groups excluding carboxylic acids is 1. The van der Waals surface area contributed by atoms with Crippen molar-refractivity contribution in [3.8, 4) is 0 Å². The van der Waals surface area contributed by atoms with Crippen molar-refractivity contribution in [3.05, 3.63) is 71.8 Å². The Morgan fingerprint density at radius 2 is 1.50 bits per heavy atom. The van der Waals surface area contributed by atoms with Gasteiger partial charge >= 0.3 is 0 Å². The minimum absolute atomic E-state index is 0.00988. The Kier molecular flexibility index (Phi) is 4.75. The fourth-order valence-corrected chi connectivity index (χ4v) is 7.66. The third kappa shape index (κ3) is 2.50. The van der Waals surface area contributed by atoms with Crippen LogP contribution in [-0.4, -0.2) is 20.0 Å². The number of fused-ring (bicyclic) bond motifs is 2. The van der Waals surface area contributed by atoms with Crippen LogP contribution < -0.4 is 0 Å². The van der Waals surface area contributed by atoms with Gasteiger partial charge in [0.2, 0.25) is 0 Å². The lowest BCUT2D eigenvalue weighted by Crippen LogP contribution is -2.48. The lowest BCUT2D eigenvalue weighted by atomic mass is 9.61. The minimum atomic E-state index is -3.80. The fourth-order valence-electron chi connectivity index (χ4n) is 5.99. The molecule has 2 aromatic carbocycles. The second-order valence-corrected chi connectivity index (χ2v) is 11.1. The van der Waals surface area contributed by atoms with Gasteiger partial charge in [0, 0.05) is 0 Å². The third-order valence-corrected chi connectivity index (χ3v) is 9.94. The second-order valence-electron chi connectivity index (χ2n) is 8.53. The van der Waals surface area contributed by atoms with Gasteiger partial charge in [-0.15, -0.1) is 0 Å². The Bertz CT molecular complexity index is 962. The average Bonchev–Trinajstić information content (AvgIpc) is 3.02. The Hall–Kier alpha value is -1.25. The zero-order valence-corrected chi connectivity index (χ0v) is 18.9. The van der Waals surface area contributed by atoms with Crippen molar-refractivity contribution in [1.82, 2.24) is 0 Å². The Balaban J connectivity index is 2.01. The van der Waals surface area contributed by atoms with Crippen LogP contribution in [0.4, 0.5) is 0 Å². The highest BCUT2D eigenvalue weighted by Gasteiger charge is 2.76. The van der Waals surface area contributed by atoms with Gasteiger partial charge in [-0.2, -0.15) is 10.9 Å². The van der Waals surface area contributed by atoms with Crippen molar-refractivity contribution >= 4 is 38.9 Å². The molecule has 0 radical (unpaired) electrons. The first-order chi connectivity index (χ1) is 13.2. The van der Waals surface area contributed by atoms with Crippen LogP contribution >= 0.6 is 23.0 Å². The summed E-state index contributed by atoms with van der Waals surface area (Å²) in [4.78, 5) is 14.3. The predicted octanol–water partition coefficient (Wildman–Crippen LogP) is 4.67. The summed E-state index contributed by atoms with van der Waals surface area (Å²) in [6.07, 6.45) is 1.38. The Morgan fingerprint density at radius 3 is 1.96 bits per heavy atom. The summed E-state index contributed by atoms with van der Waals surface area (Å²) in [5, 5.41) is 0. The number of hydrogen-bond acceptors (Lipinski definition) is 4. The lowest BCUT2D eigenvalue weighted by molar-refractivity contribution is -0.131. The zero-order valence-electron chi connectivity index (χ0n) is 15.9. The Labute approximate surface area is 180 Å². The van der Waals surface area contributed by atoms with Crippen LogP contribution in [0.15, 0.2) is 60.7 Å². The van der Waals surface area contributed by atoms with Crippen molar-refractivity contribution in [2.45, 2.75) is 32.1 Å². The molecule has 0 saturated heterocycles. The SMILES string of the molecule is CC1(C)C2CCC1(CS(=O)(=O)OI)C(=O)C2(c1ccccc1)c1ccccc1. The summed E-state index contributed by atoms with van der Waals surface area (Å²) in [5.41, 5.74) is -0.395. The summed E-state index contributed by atoms with van der Waals surface area (Å²) in [7, 11) is -3.80. The van der Waals surface area contributed by atoms with E-state index in [1.165, 1.54) is 23.0 Å². The summed E-state index contributed by atoms with van der Waals surface area (Å²) in [6, 6.07) is 19.7. The van der Waals surface area contributed by atoms with Gasteiger partial charge in [0.1, 0.15) is 23.0 Å². The van der Waals surface area contributed by atoms with Gasteiger partial charge in [0.05, 0.1) is 16.6 Å². The first-order valence-corrected chi connectivity index (χ1v) is 11.9. The maximum atomic E-state index is 14.3. The second kappa shape index (κ2) is 6.64. The highest BCUT2D eigenvalue weighted by atomic mass is 127. The number of ketones is 1. The number of hydrogen-bond donors (Lipinski definition) is 0. The van der Waals surface area contributed by atoms with Gasteiger partial charge in [-0.3, -0.25) is 4.79 Å². The molecule has 2 aliphatic rings. The van der Waals surface area contributed by atoms with Crippen LogP contribution in [0.25, 0.3) is 0 Å². The summed E-state index contributed by atoms with van der Waals surface area (Å²) < 4.78 is 29.7. The molecule has 4 rings (SSSR count). The maximum absolute atomic E-state index is 14.3. The maximum Gasteiger partial charge on any atom is 0.277 e. The monoisotopic (exact) mass is 510 g/mol. The molecule has 0 spiro atoms. The first-order valence-electron chi connectivity index (χ1n) is 9.41. The van der Waals surface area contributed by atoms with E-state index in [-0.39, 0.29) is 17.5 Å². The molecule has 2 saturated carbocycles. The molecule has 0 amide bonds. The van der Waals surface area contributed by atoms with Crippen molar-refractivity contribution in [3.63, 3.8) is 0 Å². The minimum Gasteiger partial charge on any atom is -0.298 e.